The van der Waals surface area contributed by atoms with Gasteiger partial charge in [0.1, 0.15) is 5.75 Å². The van der Waals surface area contributed by atoms with Crippen LogP contribution in [0.5, 0.6) is 5.75 Å². The monoisotopic (exact) mass is 332 g/mol. The Balaban J connectivity index is 0.00000182. The summed E-state index contributed by atoms with van der Waals surface area (Å²) in [6.07, 6.45) is 4.57. The molecule has 0 aliphatic carbocycles. The molecule has 3 aliphatic rings. The van der Waals surface area contributed by atoms with E-state index in [1.807, 2.05) is 24.3 Å². The van der Waals surface area contributed by atoms with Crippen molar-refractivity contribution in [3.8, 4) is 5.75 Å². The van der Waals surface area contributed by atoms with Crippen LogP contribution in [0.4, 0.5) is 0 Å². The minimum Gasteiger partial charge on any atom is -0.847 e. The quantitative estimate of drug-likeness (QED) is 0.726. The van der Waals surface area contributed by atoms with E-state index in [-0.39, 0.29) is 24.9 Å². The van der Waals surface area contributed by atoms with Gasteiger partial charge in [-0.15, -0.1) is 0 Å². The first kappa shape index (κ1) is 18.7. The first-order valence-electron chi connectivity index (χ1n) is 9.03. The van der Waals surface area contributed by atoms with Crippen molar-refractivity contribution < 1.29 is 28.7 Å². The van der Waals surface area contributed by atoms with Crippen LogP contribution in [-0.4, -0.2) is 36.1 Å². The van der Waals surface area contributed by atoms with Crippen molar-refractivity contribution in [3.05, 3.63) is 36.0 Å². The zero-order valence-corrected chi connectivity index (χ0v) is 15.4. The summed E-state index contributed by atoms with van der Waals surface area (Å²) in [5, 5.41) is 14.3. The van der Waals surface area contributed by atoms with E-state index >= 15 is 0 Å². The standard InChI is InChI=1S/C20H25N2O2.Li/c1-3-13-12-22-9-7-14(13)10-19(22)20(23)16-6-8-21-18-5-4-15(24-2)11-17(16)18;/h4-6,8,11,13-14,19-20H,3,7,9-10,12H2,1-2H3;/q-1;+1/t13-,14-,19+,20+;/m0./s1. The second-order valence-corrected chi connectivity index (χ2v) is 7.22. The van der Waals surface area contributed by atoms with Crippen LogP contribution >= 0.6 is 0 Å². The van der Waals surface area contributed by atoms with Crippen LogP contribution in [0.1, 0.15) is 37.9 Å². The van der Waals surface area contributed by atoms with Crippen LogP contribution in [-0.2, 0) is 0 Å². The molecule has 5 heteroatoms. The molecule has 1 aromatic carbocycles. The zero-order valence-electron chi connectivity index (χ0n) is 15.4. The molecule has 5 rings (SSSR count). The van der Waals surface area contributed by atoms with E-state index in [0.29, 0.717) is 0 Å². The van der Waals surface area contributed by atoms with Crippen molar-refractivity contribution >= 4 is 10.9 Å². The Morgan fingerprint density at radius 1 is 1.36 bits per heavy atom. The summed E-state index contributed by atoms with van der Waals surface area (Å²) in [5.74, 6) is 2.28. The van der Waals surface area contributed by atoms with Crippen molar-refractivity contribution in [1.29, 1.82) is 0 Å². The topological polar surface area (TPSA) is 48.4 Å². The number of hydrogen-bond donors (Lipinski definition) is 0. The van der Waals surface area contributed by atoms with Gasteiger partial charge in [0.05, 0.1) is 12.6 Å². The molecule has 2 aromatic rings. The molecule has 4 nitrogen and oxygen atoms in total. The summed E-state index contributed by atoms with van der Waals surface area (Å²) in [7, 11) is 1.66. The van der Waals surface area contributed by atoms with Gasteiger partial charge in [0.2, 0.25) is 0 Å². The maximum atomic E-state index is 13.4. The van der Waals surface area contributed by atoms with Crippen molar-refractivity contribution in [3.63, 3.8) is 0 Å². The minimum atomic E-state index is -0.719. The Labute approximate surface area is 161 Å². The SMILES string of the molecule is CC[C@H]1CN2CC[C@H]1C[C@@H]2[C@H]([O-])c1ccnc2ccc(OC)cc12.[Li+]. The second kappa shape index (κ2) is 7.68. The summed E-state index contributed by atoms with van der Waals surface area (Å²) in [6, 6.07) is 7.80. The van der Waals surface area contributed by atoms with E-state index in [1.165, 1.54) is 12.8 Å². The Morgan fingerprint density at radius 2 is 2.20 bits per heavy atom. The number of rotatable bonds is 4. The Kier molecular flexibility index (Phi) is 5.75. The molecule has 0 spiro atoms. The number of ether oxygens (including phenoxy) is 1. The molecule has 1 aromatic heterocycles. The van der Waals surface area contributed by atoms with E-state index in [4.69, 9.17) is 4.74 Å². The van der Waals surface area contributed by atoms with Crippen LogP contribution in [0.15, 0.2) is 30.5 Å². The van der Waals surface area contributed by atoms with Gasteiger partial charge >= 0.3 is 18.9 Å². The summed E-state index contributed by atoms with van der Waals surface area (Å²) in [4.78, 5) is 6.85. The predicted octanol–water partition coefficient (Wildman–Crippen LogP) is -0.231. The number of hydrogen-bond acceptors (Lipinski definition) is 4. The van der Waals surface area contributed by atoms with E-state index in [9.17, 15) is 5.11 Å². The van der Waals surface area contributed by atoms with Gasteiger partial charge in [-0.1, -0.05) is 19.4 Å². The minimum absolute atomic E-state index is 0. The van der Waals surface area contributed by atoms with Gasteiger partial charge in [-0.25, -0.2) is 0 Å². The summed E-state index contributed by atoms with van der Waals surface area (Å²) < 4.78 is 5.34. The molecule has 3 fully saturated rings. The van der Waals surface area contributed by atoms with Gasteiger partial charge < -0.3 is 14.7 Å². The van der Waals surface area contributed by atoms with Crippen LogP contribution in [0.25, 0.3) is 10.9 Å². The van der Waals surface area contributed by atoms with Gasteiger partial charge in [0, 0.05) is 24.2 Å². The number of piperidine rings is 3. The molecule has 0 radical (unpaired) electrons. The largest absolute Gasteiger partial charge is 1.00 e. The summed E-state index contributed by atoms with van der Waals surface area (Å²) in [5.41, 5.74) is 1.74. The molecule has 0 amide bonds. The third kappa shape index (κ3) is 3.34. The van der Waals surface area contributed by atoms with Gasteiger partial charge in [-0.3, -0.25) is 4.98 Å². The molecule has 5 atom stereocenters. The number of aromatic nitrogens is 1. The van der Waals surface area contributed by atoms with Gasteiger partial charge in [0.15, 0.2) is 0 Å². The van der Waals surface area contributed by atoms with Gasteiger partial charge in [0.25, 0.3) is 0 Å². The Bertz CT molecular complexity index is 739. The second-order valence-electron chi connectivity index (χ2n) is 7.22. The number of benzene rings is 1. The first-order valence-corrected chi connectivity index (χ1v) is 9.03. The molecule has 128 valence electrons. The fraction of sp³-hybridized carbons (Fsp3) is 0.550. The van der Waals surface area contributed by atoms with E-state index < -0.39 is 6.10 Å². The zero-order chi connectivity index (χ0) is 16.7. The van der Waals surface area contributed by atoms with E-state index in [0.717, 1.165) is 53.6 Å². The third-order valence-corrected chi connectivity index (χ3v) is 6.10. The predicted molar refractivity (Wildman–Crippen MR) is 92.9 cm³/mol. The van der Waals surface area contributed by atoms with Crippen molar-refractivity contribution in [1.82, 2.24) is 9.88 Å². The van der Waals surface area contributed by atoms with Crippen LogP contribution in [0, 0.1) is 11.8 Å². The Morgan fingerprint density at radius 3 is 2.88 bits per heavy atom. The summed E-state index contributed by atoms with van der Waals surface area (Å²) >= 11 is 0. The molecule has 4 heterocycles. The van der Waals surface area contributed by atoms with Crippen molar-refractivity contribution in [2.75, 3.05) is 20.2 Å². The van der Waals surface area contributed by atoms with Crippen LogP contribution in [0.2, 0.25) is 0 Å². The maximum Gasteiger partial charge on any atom is 1.00 e. The smallest absolute Gasteiger partial charge is 0.847 e. The molecule has 2 bridgehead atoms. The molecule has 1 unspecified atom stereocenters. The average Bonchev–Trinajstić information content (AvgIpc) is 2.66. The molecule has 25 heavy (non-hydrogen) atoms. The van der Waals surface area contributed by atoms with Crippen LogP contribution in [0.3, 0.4) is 0 Å². The Hall–Kier alpha value is -1.05. The van der Waals surface area contributed by atoms with Gasteiger partial charge in [-0.2, -0.15) is 0 Å². The first-order chi connectivity index (χ1) is 11.7. The van der Waals surface area contributed by atoms with Crippen LogP contribution < -0.4 is 28.7 Å². The summed E-state index contributed by atoms with van der Waals surface area (Å²) in [6.45, 7) is 4.45. The maximum absolute atomic E-state index is 13.4. The molecular formula is C20H25LiN2O2. The number of nitrogens with zero attached hydrogens (tertiary/aromatic N) is 2. The fourth-order valence-corrected chi connectivity index (χ4v) is 4.69. The van der Waals surface area contributed by atoms with E-state index in [2.05, 4.69) is 16.8 Å². The fourth-order valence-electron chi connectivity index (χ4n) is 4.69. The number of pyridine rings is 1. The third-order valence-electron chi connectivity index (χ3n) is 6.10. The van der Waals surface area contributed by atoms with Crippen molar-refractivity contribution in [2.45, 2.75) is 38.3 Å². The normalized spacial score (nSPS) is 29.2. The number of fused-ring (bicyclic) bond motifs is 4. The molecule has 3 aliphatic heterocycles. The van der Waals surface area contributed by atoms with E-state index in [1.54, 1.807) is 13.3 Å². The average molecular weight is 332 g/mol. The molecule has 0 N–H and O–H groups in total. The molecule has 0 saturated carbocycles. The van der Waals surface area contributed by atoms with Gasteiger partial charge in [-0.05, 0) is 61.1 Å². The van der Waals surface area contributed by atoms with Crippen molar-refractivity contribution in [2.24, 2.45) is 11.8 Å². The molecule has 3 saturated heterocycles. The molecular weight excluding hydrogens is 307 g/mol. The number of methoxy groups -OCH3 is 1.